The van der Waals surface area contributed by atoms with Gasteiger partial charge in [-0.15, -0.1) is 0 Å². The van der Waals surface area contributed by atoms with E-state index in [-0.39, 0.29) is 17.9 Å². The van der Waals surface area contributed by atoms with Gasteiger partial charge in [0.2, 0.25) is 0 Å². The van der Waals surface area contributed by atoms with Crippen molar-refractivity contribution in [3.63, 3.8) is 0 Å². The van der Waals surface area contributed by atoms with Gasteiger partial charge in [-0.05, 0) is 41.5 Å². The number of nitro benzene ring substituents is 1. The third kappa shape index (κ3) is 5.60. The second-order valence-electron chi connectivity index (χ2n) is 6.53. The zero-order chi connectivity index (χ0) is 23.3. The van der Waals surface area contributed by atoms with Gasteiger partial charge < -0.3 is 9.47 Å². The molecule has 0 atom stereocenters. The van der Waals surface area contributed by atoms with E-state index < -0.39 is 4.92 Å². The first-order chi connectivity index (χ1) is 15.3. The molecule has 0 fully saturated rings. The Morgan fingerprint density at radius 2 is 1.97 bits per heavy atom. The van der Waals surface area contributed by atoms with Gasteiger partial charge in [-0.2, -0.15) is 5.26 Å². The largest absolute Gasteiger partial charge is 0.493 e. The Kier molecular flexibility index (Phi) is 7.75. The fraction of sp³-hybridized carbons (Fsp3) is 0.0870. The van der Waals surface area contributed by atoms with Crippen LogP contribution in [0.4, 0.5) is 5.69 Å². The predicted molar refractivity (Wildman–Crippen MR) is 128 cm³/mol. The second-order valence-corrected chi connectivity index (χ2v) is 8.22. The zero-order valence-corrected chi connectivity index (χ0v) is 19.7. The number of non-ortho nitro benzene ring substituents is 1. The lowest BCUT2D eigenvalue weighted by atomic mass is 10.0. The number of ether oxygens (including phenoxy) is 2. The maximum absolute atomic E-state index is 11.0. The highest BCUT2D eigenvalue weighted by molar-refractivity contribution is 9.10. The molecule has 0 bridgehead atoms. The van der Waals surface area contributed by atoms with Crippen molar-refractivity contribution in [3.05, 3.63) is 95.9 Å². The van der Waals surface area contributed by atoms with Crippen LogP contribution in [-0.2, 0) is 6.61 Å². The van der Waals surface area contributed by atoms with E-state index in [2.05, 4.69) is 22.0 Å². The van der Waals surface area contributed by atoms with Crippen molar-refractivity contribution >= 4 is 56.5 Å². The van der Waals surface area contributed by atoms with Crippen molar-refractivity contribution in [3.8, 4) is 17.6 Å². The van der Waals surface area contributed by atoms with Crippen LogP contribution in [-0.4, -0.2) is 12.0 Å². The van der Waals surface area contributed by atoms with Crippen LogP contribution in [0.5, 0.6) is 11.5 Å². The smallest absolute Gasteiger partial charge is 0.270 e. The number of halogens is 3. The van der Waals surface area contributed by atoms with Crippen molar-refractivity contribution in [1.29, 1.82) is 5.26 Å². The molecular weight excluding hydrogens is 519 g/mol. The van der Waals surface area contributed by atoms with E-state index in [9.17, 15) is 15.4 Å². The molecule has 3 rings (SSSR count). The number of methoxy groups -OCH3 is 1. The van der Waals surface area contributed by atoms with Crippen LogP contribution in [0.3, 0.4) is 0 Å². The first-order valence-electron chi connectivity index (χ1n) is 9.13. The van der Waals surface area contributed by atoms with Gasteiger partial charge in [0.1, 0.15) is 6.61 Å². The van der Waals surface area contributed by atoms with Crippen LogP contribution in [0.1, 0.15) is 16.7 Å². The fourth-order valence-electron chi connectivity index (χ4n) is 2.85. The second kappa shape index (κ2) is 10.5. The molecule has 0 aromatic heterocycles. The molecule has 0 saturated carbocycles. The van der Waals surface area contributed by atoms with E-state index in [0.717, 1.165) is 5.56 Å². The molecule has 0 aliphatic carbocycles. The number of nitrogens with zero attached hydrogens (tertiary/aromatic N) is 2. The molecule has 0 aliphatic rings. The summed E-state index contributed by atoms with van der Waals surface area (Å²) in [5, 5.41) is 21.7. The number of nitriles is 1. The highest BCUT2D eigenvalue weighted by Gasteiger charge is 2.13. The Labute approximate surface area is 202 Å². The molecule has 0 unspecified atom stereocenters. The minimum absolute atomic E-state index is 0.0927. The Morgan fingerprint density at radius 1 is 1.19 bits per heavy atom. The molecule has 0 aliphatic heterocycles. The highest BCUT2D eigenvalue weighted by Crippen LogP contribution is 2.36. The summed E-state index contributed by atoms with van der Waals surface area (Å²) in [6, 6.07) is 16.6. The van der Waals surface area contributed by atoms with Gasteiger partial charge in [0.25, 0.3) is 5.69 Å². The Morgan fingerprint density at radius 3 is 2.62 bits per heavy atom. The number of benzene rings is 3. The molecule has 3 aromatic rings. The Bertz CT molecular complexity index is 1260. The van der Waals surface area contributed by atoms with Crippen molar-refractivity contribution in [2.75, 3.05) is 7.11 Å². The highest BCUT2D eigenvalue weighted by atomic mass is 79.9. The minimum Gasteiger partial charge on any atom is -0.493 e. The topological polar surface area (TPSA) is 85.4 Å². The average Bonchev–Trinajstić information content (AvgIpc) is 2.77. The van der Waals surface area contributed by atoms with Crippen LogP contribution < -0.4 is 9.47 Å². The van der Waals surface area contributed by atoms with Gasteiger partial charge in [0.15, 0.2) is 11.5 Å². The van der Waals surface area contributed by atoms with Gasteiger partial charge in [-0.25, -0.2) is 0 Å². The van der Waals surface area contributed by atoms with E-state index in [0.29, 0.717) is 37.1 Å². The summed E-state index contributed by atoms with van der Waals surface area (Å²) in [6.07, 6.45) is 1.62. The summed E-state index contributed by atoms with van der Waals surface area (Å²) in [6.45, 7) is 0.200. The average molecular weight is 534 g/mol. The van der Waals surface area contributed by atoms with Gasteiger partial charge in [0, 0.05) is 32.2 Å². The first-order valence-corrected chi connectivity index (χ1v) is 10.7. The third-order valence-electron chi connectivity index (χ3n) is 4.47. The van der Waals surface area contributed by atoms with Crippen LogP contribution >= 0.6 is 39.1 Å². The number of hydrogen-bond acceptors (Lipinski definition) is 5. The molecule has 0 radical (unpaired) electrons. The monoisotopic (exact) mass is 532 g/mol. The molecule has 0 spiro atoms. The minimum atomic E-state index is -0.503. The lowest BCUT2D eigenvalue weighted by Crippen LogP contribution is -1.99. The molecule has 9 heteroatoms. The fourth-order valence-corrected chi connectivity index (χ4v) is 3.75. The SMILES string of the molecule is COc1cc(/C=C(/C#N)c2cccc([N+](=O)[O-])c2)c(Br)cc1OCc1ccc(Cl)cc1Cl. The lowest BCUT2D eigenvalue weighted by Gasteiger charge is -2.14. The normalized spacial score (nSPS) is 11.0. The van der Waals surface area contributed by atoms with E-state index in [1.165, 1.54) is 25.3 Å². The van der Waals surface area contributed by atoms with Gasteiger partial charge in [0.05, 0.1) is 23.7 Å². The van der Waals surface area contributed by atoms with Crippen LogP contribution in [0.25, 0.3) is 11.6 Å². The van der Waals surface area contributed by atoms with E-state index in [1.54, 1.807) is 42.5 Å². The molecule has 0 amide bonds. The summed E-state index contributed by atoms with van der Waals surface area (Å²) >= 11 is 15.6. The van der Waals surface area contributed by atoms with Crippen LogP contribution in [0, 0.1) is 21.4 Å². The Balaban J connectivity index is 1.92. The van der Waals surface area contributed by atoms with Gasteiger partial charge in [-0.3, -0.25) is 10.1 Å². The van der Waals surface area contributed by atoms with E-state index >= 15 is 0 Å². The van der Waals surface area contributed by atoms with Crippen molar-refractivity contribution in [1.82, 2.24) is 0 Å². The van der Waals surface area contributed by atoms with Crippen molar-refractivity contribution < 1.29 is 14.4 Å². The molecule has 162 valence electrons. The molecule has 0 saturated heterocycles. The number of allylic oxidation sites excluding steroid dienone is 1. The van der Waals surface area contributed by atoms with Crippen LogP contribution in [0.2, 0.25) is 10.0 Å². The van der Waals surface area contributed by atoms with Crippen LogP contribution in [0.15, 0.2) is 59.1 Å². The quantitative estimate of drug-likeness (QED) is 0.137. The third-order valence-corrected chi connectivity index (χ3v) is 5.74. The molecule has 32 heavy (non-hydrogen) atoms. The first kappa shape index (κ1) is 23.6. The number of hydrogen-bond donors (Lipinski definition) is 0. The van der Waals surface area contributed by atoms with E-state index in [1.807, 2.05) is 0 Å². The van der Waals surface area contributed by atoms with Gasteiger partial charge >= 0.3 is 0 Å². The van der Waals surface area contributed by atoms with Crippen molar-refractivity contribution in [2.45, 2.75) is 6.61 Å². The standard InChI is InChI=1S/C23H15BrCl2N2O4/c1-31-22-9-16(7-17(12-27)14-3-2-4-19(8-14)28(29)30)20(24)11-23(22)32-13-15-5-6-18(25)10-21(15)26/h2-11H,13H2,1H3/b17-7-. The molecule has 6 nitrogen and oxygen atoms in total. The van der Waals surface area contributed by atoms with Crippen molar-refractivity contribution in [2.24, 2.45) is 0 Å². The maximum atomic E-state index is 11.0. The molecule has 0 N–H and O–H groups in total. The van der Waals surface area contributed by atoms with Gasteiger partial charge in [-0.1, -0.05) is 57.3 Å². The lowest BCUT2D eigenvalue weighted by molar-refractivity contribution is -0.384. The number of rotatable bonds is 7. The maximum Gasteiger partial charge on any atom is 0.270 e. The summed E-state index contributed by atoms with van der Waals surface area (Å²) in [7, 11) is 1.50. The summed E-state index contributed by atoms with van der Waals surface area (Å²) in [5.41, 5.74) is 2.01. The summed E-state index contributed by atoms with van der Waals surface area (Å²) in [5.74, 6) is 0.914. The molecular formula is C23H15BrCl2N2O4. The molecule has 0 heterocycles. The summed E-state index contributed by atoms with van der Waals surface area (Å²) < 4.78 is 12.0. The van der Waals surface area contributed by atoms with E-state index in [4.69, 9.17) is 32.7 Å². The molecule has 3 aromatic carbocycles. The zero-order valence-electron chi connectivity index (χ0n) is 16.6. The summed E-state index contributed by atoms with van der Waals surface area (Å²) in [4.78, 5) is 10.5. The Hall–Kier alpha value is -3.05. The predicted octanol–water partition coefficient (Wildman–Crippen LogP) is 7.32. The number of nitro groups is 1.